The van der Waals surface area contributed by atoms with Crippen molar-refractivity contribution in [2.75, 3.05) is 0 Å². The van der Waals surface area contributed by atoms with Gasteiger partial charge in [0.25, 0.3) is 0 Å². The average Bonchev–Trinajstić information content (AvgIpc) is 2.13. The first-order valence-corrected chi connectivity index (χ1v) is 6.78. The Morgan fingerprint density at radius 2 is 1.35 bits per heavy atom. The van der Waals surface area contributed by atoms with Crippen molar-refractivity contribution in [3.8, 4) is 0 Å². The van der Waals surface area contributed by atoms with Gasteiger partial charge < -0.3 is 10.8 Å². The fourth-order valence-electron chi connectivity index (χ4n) is 1.23. The van der Waals surface area contributed by atoms with Crippen LogP contribution in [0.3, 0.4) is 0 Å². The molecule has 0 fully saturated rings. The Morgan fingerprint density at radius 1 is 1.00 bits per heavy atom. The number of unbranched alkanes of at least 4 members (excludes halogenated alkanes) is 6. The van der Waals surface area contributed by atoms with E-state index < -0.39 is 5.97 Å². The highest BCUT2D eigenvalue weighted by Crippen LogP contribution is 2.07. The second-order valence-electron chi connectivity index (χ2n) is 5.63. The molecule has 0 rings (SSSR count). The fraction of sp³-hybridized carbons (Fsp3) is 0.929. The van der Waals surface area contributed by atoms with Crippen LogP contribution in [0.2, 0.25) is 0 Å². The lowest BCUT2D eigenvalue weighted by Gasteiger charge is -2.06. The molecule has 17 heavy (non-hydrogen) atoms. The molecule has 0 aromatic carbocycles. The van der Waals surface area contributed by atoms with Crippen molar-refractivity contribution in [2.45, 2.75) is 84.6 Å². The van der Waals surface area contributed by atoms with E-state index in [9.17, 15) is 4.79 Å². The van der Waals surface area contributed by atoms with E-state index in [1.807, 2.05) is 20.8 Å². The third-order valence-electron chi connectivity index (χ3n) is 1.99. The van der Waals surface area contributed by atoms with Gasteiger partial charge in [-0.2, -0.15) is 0 Å². The molecule has 0 atom stereocenters. The van der Waals surface area contributed by atoms with Gasteiger partial charge in [0.2, 0.25) is 0 Å². The van der Waals surface area contributed by atoms with Crippen LogP contribution in [-0.4, -0.2) is 16.6 Å². The summed E-state index contributed by atoms with van der Waals surface area (Å²) in [4.78, 5) is 10.1. The third-order valence-corrected chi connectivity index (χ3v) is 1.99. The molecule has 0 heterocycles. The average molecular weight is 245 g/mol. The molecule has 0 spiro atoms. The maximum Gasteiger partial charge on any atom is 0.303 e. The minimum atomic E-state index is -0.663. The topological polar surface area (TPSA) is 63.3 Å². The van der Waals surface area contributed by atoms with E-state index in [0.717, 1.165) is 12.8 Å². The highest BCUT2D eigenvalue weighted by Gasteiger charge is 1.96. The minimum absolute atomic E-state index is 0. The molecule has 0 saturated carbocycles. The maximum atomic E-state index is 10.1. The van der Waals surface area contributed by atoms with Crippen LogP contribution >= 0.6 is 0 Å². The highest BCUT2D eigenvalue weighted by molar-refractivity contribution is 5.66. The van der Waals surface area contributed by atoms with Crippen LogP contribution in [0.25, 0.3) is 0 Å². The zero-order chi connectivity index (χ0) is 13.7. The lowest BCUT2D eigenvalue weighted by molar-refractivity contribution is -0.137. The van der Waals surface area contributed by atoms with Gasteiger partial charge in [0.15, 0.2) is 0 Å². The zero-order valence-electron chi connectivity index (χ0n) is 12.1. The Labute approximate surface area is 107 Å². The van der Waals surface area contributed by atoms with Crippen LogP contribution in [0, 0.1) is 0 Å². The van der Waals surface area contributed by atoms with Crippen molar-refractivity contribution in [3.63, 3.8) is 0 Å². The number of nitrogens with two attached hydrogens (primary N) is 1. The maximum absolute atomic E-state index is 10.1. The number of rotatable bonds is 8. The Hall–Kier alpha value is -0.570. The normalized spacial score (nSPS) is 10.6. The van der Waals surface area contributed by atoms with E-state index in [1.54, 1.807) is 0 Å². The lowest BCUT2D eigenvalue weighted by atomic mass is 10.1. The van der Waals surface area contributed by atoms with Gasteiger partial charge in [0.1, 0.15) is 0 Å². The molecule has 0 amide bonds. The number of carboxylic acid groups (broad SMARTS) is 1. The van der Waals surface area contributed by atoms with Crippen LogP contribution in [0.4, 0.5) is 0 Å². The van der Waals surface area contributed by atoms with Crippen molar-refractivity contribution >= 4 is 5.97 Å². The number of hydrogen-bond donors (Lipinski definition) is 2. The number of aliphatic carboxylic acids is 1. The van der Waals surface area contributed by atoms with Crippen molar-refractivity contribution < 1.29 is 9.90 Å². The molecular weight excluding hydrogens is 214 g/mol. The summed E-state index contributed by atoms with van der Waals surface area (Å²) in [6.07, 6.45) is 8.64. The van der Waals surface area contributed by atoms with Crippen LogP contribution < -0.4 is 5.73 Å². The summed E-state index contributed by atoms with van der Waals surface area (Å²) in [5.41, 5.74) is 5.35. The van der Waals surface area contributed by atoms with E-state index in [4.69, 9.17) is 10.8 Å². The van der Waals surface area contributed by atoms with Crippen LogP contribution in [-0.2, 0) is 4.79 Å². The summed E-state index contributed by atoms with van der Waals surface area (Å²) in [6, 6.07) is 0. The quantitative estimate of drug-likeness (QED) is 0.636. The fourth-order valence-corrected chi connectivity index (χ4v) is 1.23. The molecule has 3 N–H and O–H groups in total. The zero-order valence-corrected chi connectivity index (χ0v) is 12.1. The molecule has 0 radical (unpaired) electrons. The second-order valence-corrected chi connectivity index (χ2v) is 5.63. The smallest absolute Gasteiger partial charge is 0.303 e. The van der Waals surface area contributed by atoms with Crippen LogP contribution in [0.5, 0.6) is 0 Å². The largest absolute Gasteiger partial charge is 0.481 e. The summed E-state index contributed by atoms with van der Waals surface area (Å²) in [7, 11) is 0. The van der Waals surface area contributed by atoms with Crippen molar-refractivity contribution in [2.24, 2.45) is 5.73 Å². The number of hydrogen-bond acceptors (Lipinski definition) is 2. The minimum Gasteiger partial charge on any atom is -0.481 e. The van der Waals surface area contributed by atoms with Gasteiger partial charge in [-0.15, -0.1) is 0 Å². The molecule has 0 aromatic heterocycles. The number of carboxylic acids is 1. The lowest BCUT2D eigenvalue weighted by Crippen LogP contribution is -2.26. The molecule has 0 aliphatic rings. The molecule has 0 unspecified atom stereocenters. The molecule has 3 nitrogen and oxygen atoms in total. The third kappa shape index (κ3) is 39.2. The van der Waals surface area contributed by atoms with Gasteiger partial charge in [0, 0.05) is 12.0 Å². The monoisotopic (exact) mass is 245 g/mol. The summed E-state index contributed by atoms with van der Waals surface area (Å²) < 4.78 is 0. The van der Waals surface area contributed by atoms with Crippen molar-refractivity contribution in [3.05, 3.63) is 0 Å². The van der Waals surface area contributed by atoms with Crippen LogP contribution in [0.15, 0.2) is 0 Å². The van der Waals surface area contributed by atoms with Crippen molar-refractivity contribution in [1.82, 2.24) is 0 Å². The molecule has 0 aromatic rings. The molecule has 3 heteroatoms. The summed E-state index contributed by atoms with van der Waals surface area (Å²) in [6.45, 7) is 8.09. The highest BCUT2D eigenvalue weighted by atomic mass is 16.4. The van der Waals surface area contributed by atoms with Gasteiger partial charge in [-0.1, -0.05) is 45.4 Å². The van der Waals surface area contributed by atoms with E-state index in [-0.39, 0.29) is 5.54 Å². The molecule has 0 bridgehead atoms. The Balaban J connectivity index is 0. The summed E-state index contributed by atoms with van der Waals surface area (Å²) in [5, 5.41) is 8.35. The first-order chi connectivity index (χ1) is 7.77. The van der Waals surface area contributed by atoms with Crippen LogP contribution in [0.1, 0.15) is 79.1 Å². The summed E-state index contributed by atoms with van der Waals surface area (Å²) >= 11 is 0. The Morgan fingerprint density at radius 3 is 1.71 bits per heavy atom. The molecule has 0 aliphatic carbocycles. The molecule has 104 valence electrons. The Kier molecular flexibility index (Phi) is 13.2. The van der Waals surface area contributed by atoms with E-state index in [1.165, 1.54) is 32.1 Å². The first-order valence-electron chi connectivity index (χ1n) is 6.78. The molecule has 0 aliphatic heterocycles. The van der Waals surface area contributed by atoms with E-state index >= 15 is 0 Å². The van der Waals surface area contributed by atoms with Gasteiger partial charge in [-0.3, -0.25) is 4.79 Å². The van der Waals surface area contributed by atoms with E-state index in [2.05, 4.69) is 6.92 Å². The predicted octanol–water partition coefficient (Wildman–Crippen LogP) is 3.96. The molecular formula is C14H31NO2. The van der Waals surface area contributed by atoms with Crippen molar-refractivity contribution in [1.29, 1.82) is 0 Å². The SMILES string of the molecule is CC(C)(C)N.CCCCCCCCCC(=O)O. The van der Waals surface area contributed by atoms with Gasteiger partial charge in [-0.05, 0) is 27.2 Å². The first kappa shape index (κ1) is 18.8. The summed E-state index contributed by atoms with van der Waals surface area (Å²) in [5.74, 6) is -0.663. The Bertz CT molecular complexity index is 168. The van der Waals surface area contributed by atoms with Gasteiger partial charge in [-0.25, -0.2) is 0 Å². The second kappa shape index (κ2) is 11.9. The predicted molar refractivity (Wildman–Crippen MR) is 74.2 cm³/mol. The standard InChI is InChI=1S/C10H20O2.C4H11N/c1-2-3-4-5-6-7-8-9-10(11)12;1-4(2,3)5/h2-9H2,1H3,(H,11,12);5H2,1-3H3. The molecule has 0 saturated heterocycles. The van der Waals surface area contributed by atoms with E-state index in [0.29, 0.717) is 6.42 Å². The number of carbonyl (C=O) groups is 1. The van der Waals surface area contributed by atoms with Gasteiger partial charge >= 0.3 is 5.97 Å². The van der Waals surface area contributed by atoms with Gasteiger partial charge in [0.05, 0.1) is 0 Å².